The number of benzene rings is 1. The Labute approximate surface area is 220 Å². The monoisotopic (exact) mass is 500 g/mol. The Morgan fingerprint density at radius 2 is 1.20 bits per heavy atom. The normalized spacial score (nSPS) is 12.3. The average Bonchev–Trinajstić information content (AvgIpc) is 3.07. The van der Waals surface area contributed by atoms with Gasteiger partial charge in [0, 0.05) is 26.9 Å². The molecule has 198 valence electrons. The molecule has 0 saturated carbocycles. The molecule has 2 rings (SSSR count). The maximum atomic E-state index is 6.51. The van der Waals surface area contributed by atoms with Gasteiger partial charge in [-0.05, 0) is 54.7 Å². The summed E-state index contributed by atoms with van der Waals surface area (Å²) >= 11 is 1.94. The van der Waals surface area contributed by atoms with Crippen molar-refractivity contribution in [3.63, 3.8) is 0 Å². The predicted octanol–water partition coefficient (Wildman–Crippen LogP) is 10.5. The molecule has 0 atom stereocenters. The van der Waals surface area contributed by atoms with E-state index in [1.165, 1.54) is 70.5 Å². The molecule has 0 fully saturated rings. The number of unbranched alkanes of at least 4 members (excludes halogenated alkanes) is 6. The van der Waals surface area contributed by atoms with E-state index >= 15 is 0 Å². The zero-order chi connectivity index (χ0) is 26.2. The zero-order valence-corrected chi connectivity index (χ0v) is 25.3. The standard InChI is InChI=1S/C32H52O2S/c1-11-13-15-17-19-33-27-22-28(34-20-18-16-14-12-2)26(31(5,6)7)21-25(27)29-23(3)24(4)30(35-29)32(8,9)10/h21-22H,11-20H2,1-10H3. The number of hydrogen-bond donors (Lipinski definition) is 0. The summed E-state index contributed by atoms with van der Waals surface area (Å²) in [5.41, 5.74) is 5.41. The van der Waals surface area contributed by atoms with E-state index in [0.29, 0.717) is 0 Å². The van der Waals surface area contributed by atoms with Gasteiger partial charge >= 0.3 is 0 Å². The number of ether oxygens (including phenoxy) is 2. The van der Waals surface area contributed by atoms with Gasteiger partial charge in [0.25, 0.3) is 0 Å². The summed E-state index contributed by atoms with van der Waals surface area (Å²) in [6, 6.07) is 4.56. The van der Waals surface area contributed by atoms with Gasteiger partial charge in [-0.15, -0.1) is 11.3 Å². The summed E-state index contributed by atoms with van der Waals surface area (Å²) in [7, 11) is 0. The third-order valence-electron chi connectivity index (χ3n) is 6.77. The Morgan fingerprint density at radius 1 is 0.657 bits per heavy atom. The minimum absolute atomic E-state index is 0.0137. The minimum Gasteiger partial charge on any atom is -0.493 e. The van der Waals surface area contributed by atoms with Crippen molar-refractivity contribution in [2.45, 2.75) is 131 Å². The van der Waals surface area contributed by atoms with Crippen LogP contribution in [0.15, 0.2) is 12.1 Å². The molecule has 1 aromatic carbocycles. The summed E-state index contributed by atoms with van der Waals surface area (Å²) in [4.78, 5) is 2.81. The fourth-order valence-electron chi connectivity index (χ4n) is 4.55. The first-order chi connectivity index (χ1) is 16.4. The van der Waals surface area contributed by atoms with Crippen molar-refractivity contribution in [1.29, 1.82) is 0 Å². The molecule has 0 unspecified atom stereocenters. The van der Waals surface area contributed by atoms with Gasteiger partial charge in [-0.3, -0.25) is 0 Å². The van der Waals surface area contributed by atoms with Crippen molar-refractivity contribution in [2.24, 2.45) is 0 Å². The van der Waals surface area contributed by atoms with Gasteiger partial charge in [0.05, 0.1) is 13.2 Å². The fraction of sp³-hybridized carbons (Fsp3) is 0.688. The van der Waals surface area contributed by atoms with E-state index in [1.807, 2.05) is 11.3 Å². The van der Waals surface area contributed by atoms with Crippen molar-refractivity contribution in [3.8, 4) is 21.9 Å². The Kier molecular flexibility index (Phi) is 11.2. The Bertz CT molecular complexity index is 925. The summed E-state index contributed by atoms with van der Waals surface area (Å²) in [5, 5.41) is 0. The molecule has 3 heteroatoms. The van der Waals surface area contributed by atoms with Crippen molar-refractivity contribution in [2.75, 3.05) is 13.2 Å². The zero-order valence-electron chi connectivity index (χ0n) is 24.5. The maximum absolute atomic E-state index is 6.51. The topological polar surface area (TPSA) is 18.5 Å². The molecule has 1 aromatic heterocycles. The fourth-order valence-corrected chi connectivity index (χ4v) is 5.95. The smallest absolute Gasteiger partial charge is 0.131 e. The summed E-state index contributed by atoms with van der Waals surface area (Å²) in [6.07, 6.45) is 9.67. The lowest BCUT2D eigenvalue weighted by atomic mass is 9.84. The van der Waals surface area contributed by atoms with Crippen LogP contribution in [-0.2, 0) is 10.8 Å². The first-order valence-corrected chi connectivity index (χ1v) is 14.8. The summed E-state index contributed by atoms with van der Waals surface area (Å²) in [5.74, 6) is 1.96. The van der Waals surface area contributed by atoms with E-state index in [0.717, 1.165) is 37.6 Å². The molecule has 35 heavy (non-hydrogen) atoms. The lowest BCUT2D eigenvalue weighted by Gasteiger charge is -2.25. The first-order valence-electron chi connectivity index (χ1n) is 14.0. The lowest BCUT2D eigenvalue weighted by Crippen LogP contribution is -2.15. The molecule has 0 spiro atoms. The highest BCUT2D eigenvalue weighted by Gasteiger charge is 2.27. The maximum Gasteiger partial charge on any atom is 0.131 e. The quantitative estimate of drug-likeness (QED) is 0.255. The van der Waals surface area contributed by atoms with Crippen LogP contribution in [0.3, 0.4) is 0 Å². The summed E-state index contributed by atoms with van der Waals surface area (Å²) in [6.45, 7) is 24.4. The predicted molar refractivity (Wildman–Crippen MR) is 156 cm³/mol. The van der Waals surface area contributed by atoms with Gasteiger partial charge in [-0.2, -0.15) is 0 Å². The average molecular weight is 501 g/mol. The van der Waals surface area contributed by atoms with E-state index in [4.69, 9.17) is 9.47 Å². The van der Waals surface area contributed by atoms with Gasteiger partial charge in [0.15, 0.2) is 0 Å². The van der Waals surface area contributed by atoms with Gasteiger partial charge in [-0.25, -0.2) is 0 Å². The molecule has 0 N–H and O–H groups in total. The highest BCUT2D eigenvalue weighted by molar-refractivity contribution is 7.16. The van der Waals surface area contributed by atoms with E-state index in [-0.39, 0.29) is 10.8 Å². The van der Waals surface area contributed by atoms with Crippen LogP contribution in [0.1, 0.15) is 128 Å². The van der Waals surface area contributed by atoms with Crippen LogP contribution in [0.4, 0.5) is 0 Å². The van der Waals surface area contributed by atoms with Crippen LogP contribution in [0, 0.1) is 13.8 Å². The molecule has 2 nitrogen and oxygen atoms in total. The van der Waals surface area contributed by atoms with Crippen molar-refractivity contribution >= 4 is 11.3 Å². The van der Waals surface area contributed by atoms with Crippen molar-refractivity contribution < 1.29 is 9.47 Å². The molecular formula is C32H52O2S. The Hall–Kier alpha value is -1.48. The van der Waals surface area contributed by atoms with E-state index in [1.54, 1.807) is 0 Å². The third-order valence-corrected chi connectivity index (χ3v) is 8.63. The molecule has 0 radical (unpaired) electrons. The largest absolute Gasteiger partial charge is 0.493 e. The number of hydrogen-bond acceptors (Lipinski definition) is 3. The van der Waals surface area contributed by atoms with E-state index < -0.39 is 0 Å². The molecule has 2 aromatic rings. The van der Waals surface area contributed by atoms with Gasteiger partial charge < -0.3 is 9.47 Å². The lowest BCUT2D eigenvalue weighted by molar-refractivity contribution is 0.286. The molecular weight excluding hydrogens is 448 g/mol. The molecule has 0 amide bonds. The van der Waals surface area contributed by atoms with Crippen LogP contribution >= 0.6 is 11.3 Å². The molecule has 0 aliphatic carbocycles. The van der Waals surface area contributed by atoms with Crippen LogP contribution in [0.25, 0.3) is 10.4 Å². The SMILES string of the molecule is CCCCCCOc1cc(OCCCCCC)c(C(C)(C)C)cc1-c1sc(C(C)(C)C)c(C)c1C. The van der Waals surface area contributed by atoms with Crippen molar-refractivity contribution in [3.05, 3.63) is 33.7 Å². The second-order valence-electron chi connectivity index (χ2n) is 12.2. The Balaban J connectivity index is 2.54. The molecule has 0 saturated heterocycles. The second kappa shape index (κ2) is 13.2. The van der Waals surface area contributed by atoms with Gasteiger partial charge in [0.1, 0.15) is 11.5 Å². The first kappa shape index (κ1) is 29.7. The van der Waals surface area contributed by atoms with Crippen LogP contribution < -0.4 is 9.47 Å². The van der Waals surface area contributed by atoms with Crippen LogP contribution in [-0.4, -0.2) is 13.2 Å². The Morgan fingerprint density at radius 3 is 1.66 bits per heavy atom. The highest BCUT2D eigenvalue weighted by Crippen LogP contribution is 2.47. The molecule has 0 aliphatic rings. The number of rotatable bonds is 13. The number of thiophene rings is 1. The highest BCUT2D eigenvalue weighted by atomic mass is 32.1. The second-order valence-corrected chi connectivity index (χ2v) is 13.2. The minimum atomic E-state index is -0.0137. The third kappa shape index (κ3) is 8.27. The van der Waals surface area contributed by atoms with Gasteiger partial charge in [0.2, 0.25) is 0 Å². The van der Waals surface area contributed by atoms with Crippen LogP contribution in [0.2, 0.25) is 0 Å². The molecule has 0 bridgehead atoms. The van der Waals surface area contributed by atoms with Crippen LogP contribution in [0.5, 0.6) is 11.5 Å². The summed E-state index contributed by atoms with van der Waals surface area (Å²) < 4.78 is 12.9. The molecule has 1 heterocycles. The van der Waals surface area contributed by atoms with E-state index in [9.17, 15) is 0 Å². The van der Waals surface area contributed by atoms with Crippen molar-refractivity contribution in [1.82, 2.24) is 0 Å². The van der Waals surface area contributed by atoms with E-state index in [2.05, 4.69) is 81.4 Å². The molecule has 0 aliphatic heterocycles. The van der Waals surface area contributed by atoms with Gasteiger partial charge in [-0.1, -0.05) is 93.9 Å².